The lowest BCUT2D eigenvalue weighted by molar-refractivity contribution is 1.52. The zero-order valence-corrected chi connectivity index (χ0v) is 12.5. The fourth-order valence-corrected chi connectivity index (χ4v) is 2.46. The molecule has 0 atom stereocenters. The largest absolute Gasteiger partial charge is 0.396 e. The Bertz CT molecular complexity index is 610. The van der Waals surface area contributed by atoms with Crippen molar-refractivity contribution in [1.82, 2.24) is 0 Å². The average molecular weight is 334 g/mol. The first-order valence-corrected chi connectivity index (χ1v) is 6.71. The lowest BCUT2D eigenvalue weighted by Gasteiger charge is -2.02. The van der Waals surface area contributed by atoms with Gasteiger partial charge in [0, 0.05) is 16.3 Å². The molecule has 0 aliphatic heterocycles. The molecule has 0 fully saturated rings. The first kappa shape index (κ1) is 14.5. The summed E-state index contributed by atoms with van der Waals surface area (Å²) in [5.41, 5.74) is 7.36. The third-order valence-corrected chi connectivity index (χ3v) is 3.37. The van der Waals surface area contributed by atoms with Crippen LogP contribution in [0, 0.1) is 0 Å². The maximum atomic E-state index is 5.93. The minimum atomic E-state index is 0.341. The first-order chi connectivity index (χ1) is 8.95. The van der Waals surface area contributed by atoms with Crippen LogP contribution >= 0.6 is 46.4 Å². The average Bonchev–Trinajstić information content (AvgIpc) is 2.32. The van der Waals surface area contributed by atoms with Gasteiger partial charge in [0.2, 0.25) is 0 Å². The summed E-state index contributed by atoms with van der Waals surface area (Å²) in [4.78, 5) is 4.25. The number of aliphatic imine (C=N–C) groups is 1. The molecule has 0 spiro atoms. The standard InChI is InChI=1S/C13H8Cl4N2/c14-8-1-7(2-9(15)3-8)6-19-10-4-11(16)13(18)12(17)5-10/h1-6H,18H2. The second kappa shape index (κ2) is 6.02. The van der Waals surface area contributed by atoms with E-state index in [-0.39, 0.29) is 0 Å². The van der Waals surface area contributed by atoms with Crippen molar-refractivity contribution in [3.8, 4) is 0 Å². The van der Waals surface area contributed by atoms with Gasteiger partial charge in [-0.05, 0) is 35.9 Å². The number of halogens is 4. The zero-order valence-electron chi connectivity index (χ0n) is 9.50. The Kier molecular flexibility index (Phi) is 4.58. The minimum absolute atomic E-state index is 0.341. The molecule has 0 aliphatic rings. The van der Waals surface area contributed by atoms with Gasteiger partial charge in [0.1, 0.15) is 0 Å². The highest BCUT2D eigenvalue weighted by molar-refractivity contribution is 6.39. The fourth-order valence-electron chi connectivity index (χ4n) is 1.44. The highest BCUT2D eigenvalue weighted by Crippen LogP contribution is 2.32. The van der Waals surface area contributed by atoms with Gasteiger partial charge in [-0.1, -0.05) is 46.4 Å². The van der Waals surface area contributed by atoms with E-state index in [0.29, 0.717) is 31.5 Å². The van der Waals surface area contributed by atoms with Crippen molar-refractivity contribution < 1.29 is 0 Å². The first-order valence-electron chi connectivity index (χ1n) is 5.20. The molecule has 0 saturated heterocycles. The summed E-state index contributed by atoms with van der Waals surface area (Å²) < 4.78 is 0. The quantitative estimate of drug-likeness (QED) is 0.561. The molecule has 98 valence electrons. The number of nitrogen functional groups attached to an aromatic ring is 1. The van der Waals surface area contributed by atoms with E-state index in [0.717, 1.165) is 5.56 Å². The van der Waals surface area contributed by atoms with Gasteiger partial charge in [0.05, 0.1) is 21.4 Å². The zero-order chi connectivity index (χ0) is 14.0. The molecule has 0 amide bonds. The normalized spacial score (nSPS) is 11.2. The maximum Gasteiger partial charge on any atom is 0.0694 e. The van der Waals surface area contributed by atoms with Crippen LogP contribution in [0.5, 0.6) is 0 Å². The molecule has 0 saturated carbocycles. The number of rotatable bonds is 2. The van der Waals surface area contributed by atoms with E-state index in [9.17, 15) is 0 Å². The van der Waals surface area contributed by atoms with Crippen molar-refractivity contribution in [2.75, 3.05) is 5.73 Å². The van der Waals surface area contributed by atoms with Crippen molar-refractivity contribution >= 4 is 64.0 Å². The Balaban J connectivity index is 2.32. The third-order valence-electron chi connectivity index (χ3n) is 2.31. The maximum absolute atomic E-state index is 5.93. The van der Waals surface area contributed by atoms with Gasteiger partial charge >= 0.3 is 0 Å². The summed E-state index contributed by atoms with van der Waals surface area (Å²) in [5.74, 6) is 0. The summed E-state index contributed by atoms with van der Waals surface area (Å²) in [7, 11) is 0. The number of benzene rings is 2. The molecule has 0 heterocycles. The highest BCUT2D eigenvalue weighted by Gasteiger charge is 2.03. The molecule has 2 rings (SSSR count). The Labute approximate surface area is 130 Å². The molecule has 19 heavy (non-hydrogen) atoms. The van der Waals surface area contributed by atoms with Crippen LogP contribution < -0.4 is 5.73 Å². The number of nitrogens with zero attached hydrogens (tertiary/aromatic N) is 1. The number of nitrogens with two attached hydrogens (primary N) is 1. The Hall–Kier alpha value is -0.930. The van der Waals surface area contributed by atoms with Crippen LogP contribution in [0.15, 0.2) is 35.3 Å². The van der Waals surface area contributed by atoms with Gasteiger partial charge in [-0.2, -0.15) is 0 Å². The van der Waals surface area contributed by atoms with Crippen molar-refractivity contribution in [2.45, 2.75) is 0 Å². The molecule has 0 radical (unpaired) electrons. The molecule has 0 aromatic heterocycles. The third kappa shape index (κ3) is 3.77. The monoisotopic (exact) mass is 332 g/mol. The van der Waals surface area contributed by atoms with Gasteiger partial charge < -0.3 is 5.73 Å². The number of hydrogen-bond donors (Lipinski definition) is 1. The summed E-state index contributed by atoms with van der Waals surface area (Å²) in [6, 6.07) is 8.41. The second-order valence-corrected chi connectivity index (χ2v) is 5.47. The molecule has 6 heteroatoms. The van der Waals surface area contributed by atoms with Crippen LogP contribution in [0.3, 0.4) is 0 Å². The molecule has 2 aromatic rings. The van der Waals surface area contributed by atoms with Crippen molar-refractivity contribution in [1.29, 1.82) is 0 Å². The van der Waals surface area contributed by atoms with Crippen LogP contribution in [-0.2, 0) is 0 Å². The number of anilines is 1. The Morgan fingerprint density at radius 1 is 0.842 bits per heavy atom. The van der Waals surface area contributed by atoms with Crippen LogP contribution in [0.2, 0.25) is 20.1 Å². The summed E-state index contributed by atoms with van der Waals surface area (Å²) in [6.07, 6.45) is 1.62. The summed E-state index contributed by atoms with van der Waals surface area (Å²) >= 11 is 23.6. The molecule has 0 bridgehead atoms. The topological polar surface area (TPSA) is 38.4 Å². The molecule has 2 aromatic carbocycles. The minimum Gasteiger partial charge on any atom is -0.396 e. The van der Waals surface area contributed by atoms with E-state index in [1.165, 1.54) is 0 Å². The Morgan fingerprint density at radius 2 is 1.37 bits per heavy atom. The van der Waals surface area contributed by atoms with Gasteiger partial charge in [0.25, 0.3) is 0 Å². The van der Waals surface area contributed by atoms with Crippen LogP contribution in [0.25, 0.3) is 0 Å². The van der Waals surface area contributed by atoms with Gasteiger partial charge in [-0.15, -0.1) is 0 Å². The van der Waals surface area contributed by atoms with E-state index in [4.69, 9.17) is 52.1 Å². The second-order valence-electron chi connectivity index (χ2n) is 3.78. The molecule has 2 nitrogen and oxygen atoms in total. The van der Waals surface area contributed by atoms with E-state index in [1.54, 1.807) is 36.5 Å². The lowest BCUT2D eigenvalue weighted by atomic mass is 10.2. The molecule has 2 N–H and O–H groups in total. The van der Waals surface area contributed by atoms with Crippen molar-refractivity contribution in [2.24, 2.45) is 4.99 Å². The van der Waals surface area contributed by atoms with E-state index in [2.05, 4.69) is 4.99 Å². The fraction of sp³-hybridized carbons (Fsp3) is 0. The lowest BCUT2D eigenvalue weighted by Crippen LogP contribution is -1.87. The smallest absolute Gasteiger partial charge is 0.0694 e. The van der Waals surface area contributed by atoms with Crippen LogP contribution in [0.1, 0.15) is 5.56 Å². The van der Waals surface area contributed by atoms with E-state index >= 15 is 0 Å². The van der Waals surface area contributed by atoms with E-state index < -0.39 is 0 Å². The van der Waals surface area contributed by atoms with Gasteiger partial charge in [-0.25, -0.2) is 0 Å². The molecule has 0 aliphatic carbocycles. The molecular weight excluding hydrogens is 326 g/mol. The van der Waals surface area contributed by atoms with Crippen molar-refractivity contribution in [3.63, 3.8) is 0 Å². The number of hydrogen-bond acceptors (Lipinski definition) is 2. The van der Waals surface area contributed by atoms with Gasteiger partial charge in [0.15, 0.2) is 0 Å². The van der Waals surface area contributed by atoms with Crippen molar-refractivity contribution in [3.05, 3.63) is 56.0 Å². The summed E-state index contributed by atoms with van der Waals surface area (Å²) in [5, 5.41) is 1.82. The molecule has 0 unspecified atom stereocenters. The predicted molar refractivity (Wildman–Crippen MR) is 84.6 cm³/mol. The Morgan fingerprint density at radius 3 is 1.89 bits per heavy atom. The molecular formula is C13H8Cl4N2. The predicted octanol–water partition coefficient (Wildman–Crippen LogP) is 5.63. The highest BCUT2D eigenvalue weighted by atomic mass is 35.5. The van der Waals surface area contributed by atoms with Crippen LogP contribution in [0.4, 0.5) is 11.4 Å². The van der Waals surface area contributed by atoms with Crippen LogP contribution in [-0.4, -0.2) is 6.21 Å². The SMILES string of the molecule is Nc1c(Cl)cc(N=Cc2cc(Cl)cc(Cl)c2)cc1Cl. The van der Waals surface area contributed by atoms with Gasteiger partial charge in [-0.3, -0.25) is 4.99 Å². The van der Waals surface area contributed by atoms with E-state index in [1.807, 2.05) is 0 Å². The summed E-state index contributed by atoms with van der Waals surface area (Å²) in [6.45, 7) is 0.